The van der Waals surface area contributed by atoms with E-state index in [-0.39, 0.29) is 17.8 Å². The van der Waals surface area contributed by atoms with Gasteiger partial charge in [0.15, 0.2) is 0 Å². The van der Waals surface area contributed by atoms with Crippen molar-refractivity contribution in [3.8, 4) is 22.8 Å². The zero-order chi connectivity index (χ0) is 30.1. The molecule has 1 aliphatic carbocycles. The number of methoxy groups -OCH3 is 1. The highest BCUT2D eigenvalue weighted by Crippen LogP contribution is 2.48. The largest absolute Gasteiger partial charge is 0.485 e. The maximum absolute atomic E-state index is 15.2. The van der Waals surface area contributed by atoms with E-state index in [1.165, 1.54) is 31.0 Å². The summed E-state index contributed by atoms with van der Waals surface area (Å²) >= 11 is 0. The van der Waals surface area contributed by atoms with Crippen LogP contribution in [-0.4, -0.2) is 40.7 Å². The van der Waals surface area contributed by atoms with E-state index in [2.05, 4.69) is 47.1 Å². The summed E-state index contributed by atoms with van der Waals surface area (Å²) in [5.41, 5.74) is 5.74. The Balaban J connectivity index is 1.33. The van der Waals surface area contributed by atoms with E-state index < -0.39 is 11.9 Å². The van der Waals surface area contributed by atoms with E-state index in [1.807, 2.05) is 13.0 Å². The molecule has 0 amide bonds. The third-order valence-corrected chi connectivity index (χ3v) is 9.90. The van der Waals surface area contributed by atoms with Crippen LogP contribution in [0.25, 0.3) is 11.1 Å². The highest BCUT2D eigenvalue weighted by Gasteiger charge is 2.39. The number of piperidine rings is 1. The van der Waals surface area contributed by atoms with Crippen molar-refractivity contribution in [1.29, 1.82) is 0 Å². The Hall–Kier alpha value is -3.45. The minimum Gasteiger partial charge on any atom is -0.485 e. The topological polar surface area (TPSA) is 71.9 Å². The number of hydrogen-bond acceptors (Lipinski definition) is 5. The van der Waals surface area contributed by atoms with E-state index in [9.17, 15) is 9.90 Å². The summed E-state index contributed by atoms with van der Waals surface area (Å²) in [5, 5.41) is 9.78. The second-order valence-electron chi connectivity index (χ2n) is 12.7. The number of halogens is 1. The van der Waals surface area contributed by atoms with Gasteiger partial charge in [-0.2, -0.15) is 0 Å². The van der Waals surface area contributed by atoms with E-state index in [0.717, 1.165) is 73.2 Å². The van der Waals surface area contributed by atoms with Gasteiger partial charge in [0.05, 0.1) is 19.2 Å². The van der Waals surface area contributed by atoms with E-state index in [0.29, 0.717) is 23.4 Å². The molecule has 7 heteroatoms. The Morgan fingerprint density at radius 3 is 2.70 bits per heavy atom. The molecule has 0 radical (unpaired) electrons. The normalized spacial score (nSPS) is 21.9. The smallest absolute Gasteiger partial charge is 0.306 e. The lowest BCUT2D eigenvalue weighted by atomic mass is 9.82. The molecule has 43 heavy (non-hydrogen) atoms. The fourth-order valence-corrected chi connectivity index (χ4v) is 7.30. The number of hydrogen-bond donors (Lipinski definition) is 1. The van der Waals surface area contributed by atoms with Gasteiger partial charge in [-0.15, -0.1) is 0 Å². The number of carbonyl (C=O) groups is 1. The highest BCUT2D eigenvalue weighted by atomic mass is 19.1. The van der Waals surface area contributed by atoms with Gasteiger partial charge in [0.2, 0.25) is 5.88 Å². The van der Waals surface area contributed by atoms with Crippen LogP contribution in [0.15, 0.2) is 48.7 Å². The van der Waals surface area contributed by atoms with Gasteiger partial charge in [0, 0.05) is 24.2 Å². The molecule has 3 aromatic rings. The summed E-state index contributed by atoms with van der Waals surface area (Å²) in [4.78, 5) is 18.5. The molecule has 228 valence electrons. The molecule has 1 aromatic heterocycles. The zero-order valence-corrected chi connectivity index (χ0v) is 25.5. The fraction of sp³-hybridized carbons (Fsp3) is 0.500. The van der Waals surface area contributed by atoms with Crippen molar-refractivity contribution in [3.05, 3.63) is 76.7 Å². The van der Waals surface area contributed by atoms with Gasteiger partial charge in [0.1, 0.15) is 17.7 Å². The van der Waals surface area contributed by atoms with Crippen molar-refractivity contribution in [3.63, 3.8) is 0 Å². The Labute approximate surface area is 254 Å². The fourth-order valence-electron chi connectivity index (χ4n) is 7.30. The summed E-state index contributed by atoms with van der Waals surface area (Å²) in [6.45, 7) is 5.86. The summed E-state index contributed by atoms with van der Waals surface area (Å²) in [6.07, 6.45) is 9.72. The lowest BCUT2D eigenvalue weighted by Gasteiger charge is -2.36. The molecule has 2 fully saturated rings. The third kappa shape index (κ3) is 6.28. The van der Waals surface area contributed by atoms with Crippen molar-refractivity contribution in [1.82, 2.24) is 9.88 Å². The lowest BCUT2D eigenvalue weighted by Crippen LogP contribution is -2.38. The number of aryl methyl sites for hydroxylation is 1. The van der Waals surface area contributed by atoms with Crippen LogP contribution in [0, 0.1) is 17.7 Å². The Morgan fingerprint density at radius 1 is 1.12 bits per heavy atom. The predicted molar refractivity (Wildman–Crippen MR) is 165 cm³/mol. The zero-order valence-electron chi connectivity index (χ0n) is 25.5. The van der Waals surface area contributed by atoms with Crippen LogP contribution >= 0.6 is 0 Å². The maximum Gasteiger partial charge on any atom is 0.306 e. The molecule has 1 N–H and O–H groups in total. The number of aromatic nitrogens is 1. The molecule has 2 aromatic carbocycles. The van der Waals surface area contributed by atoms with Crippen LogP contribution in [0.3, 0.4) is 0 Å². The van der Waals surface area contributed by atoms with Gasteiger partial charge in [-0.25, -0.2) is 9.37 Å². The number of carboxylic acids is 1. The first kappa shape index (κ1) is 29.6. The molecule has 4 atom stereocenters. The van der Waals surface area contributed by atoms with Gasteiger partial charge >= 0.3 is 5.97 Å². The third-order valence-electron chi connectivity index (χ3n) is 9.90. The number of benzene rings is 2. The van der Waals surface area contributed by atoms with Crippen LogP contribution in [0.2, 0.25) is 0 Å². The number of likely N-dealkylation sites (tertiary alicyclic amines) is 1. The summed E-state index contributed by atoms with van der Waals surface area (Å²) < 4.78 is 27.2. The summed E-state index contributed by atoms with van der Waals surface area (Å²) in [6, 6.07) is 14.8. The van der Waals surface area contributed by atoms with E-state index in [1.54, 1.807) is 13.2 Å². The van der Waals surface area contributed by atoms with Gasteiger partial charge in [-0.05, 0) is 97.2 Å². The van der Waals surface area contributed by atoms with Crippen molar-refractivity contribution in [2.24, 2.45) is 11.8 Å². The number of ether oxygens (including phenoxy) is 2. The minimum absolute atomic E-state index is 0.000895. The van der Waals surface area contributed by atoms with Gasteiger partial charge in [-0.1, -0.05) is 50.6 Å². The maximum atomic E-state index is 15.2. The number of fused-ring (bicyclic) bond motifs is 1. The number of carboxylic acid groups (broad SMARTS) is 1. The average molecular weight is 587 g/mol. The molecule has 6 nitrogen and oxygen atoms in total. The molecule has 1 saturated carbocycles. The molecule has 2 aliphatic heterocycles. The lowest BCUT2D eigenvalue weighted by molar-refractivity contribution is -0.142. The second kappa shape index (κ2) is 12.7. The average Bonchev–Trinajstić information content (AvgIpc) is 3.86. The van der Waals surface area contributed by atoms with Gasteiger partial charge in [-0.3, -0.25) is 9.69 Å². The van der Waals surface area contributed by atoms with Crippen molar-refractivity contribution in [2.75, 3.05) is 13.7 Å². The molecule has 0 spiro atoms. The predicted octanol–water partition coefficient (Wildman–Crippen LogP) is 7.94. The molecule has 3 aliphatic rings. The number of aliphatic carboxylic acids is 1. The van der Waals surface area contributed by atoms with Crippen LogP contribution in [0.1, 0.15) is 93.1 Å². The molecule has 1 saturated heterocycles. The van der Waals surface area contributed by atoms with Crippen molar-refractivity contribution in [2.45, 2.75) is 89.8 Å². The SMILES string of the molecule is CCC1CCCCN1Cc1cc([C@@H]2CCc3ccc(C(C4CC4)[C@H](C)C(=O)O)cc3O2)ccc1-c1cc(OC)ncc1F. The monoisotopic (exact) mass is 586 g/mol. The number of rotatable bonds is 10. The van der Waals surface area contributed by atoms with Crippen LogP contribution in [0.4, 0.5) is 4.39 Å². The van der Waals surface area contributed by atoms with Gasteiger partial charge < -0.3 is 14.6 Å². The van der Waals surface area contributed by atoms with Gasteiger partial charge in [0.25, 0.3) is 0 Å². The molecule has 0 bridgehead atoms. The number of pyridine rings is 1. The molecule has 3 heterocycles. The van der Waals surface area contributed by atoms with Crippen molar-refractivity contribution >= 4 is 5.97 Å². The quantitative estimate of drug-likeness (QED) is 0.260. The first-order valence-electron chi connectivity index (χ1n) is 15.9. The van der Waals surface area contributed by atoms with E-state index in [4.69, 9.17) is 9.47 Å². The Kier molecular flexibility index (Phi) is 8.71. The van der Waals surface area contributed by atoms with Crippen LogP contribution in [0.5, 0.6) is 11.6 Å². The van der Waals surface area contributed by atoms with E-state index >= 15 is 4.39 Å². The molecule has 6 rings (SSSR count). The first-order chi connectivity index (χ1) is 20.9. The first-order valence-corrected chi connectivity index (χ1v) is 15.9. The van der Waals surface area contributed by atoms with Crippen molar-refractivity contribution < 1.29 is 23.8 Å². The standard InChI is InChI=1S/C36H43FN2O4/c1-4-28-7-5-6-16-39(28)21-27-17-25(12-14-29(27)30-19-34(42-3)38-20-31(30)37)32-15-13-23-8-11-26(18-33(23)43-32)35(24-9-10-24)22(2)36(40)41/h8,11-12,14,17-20,22,24,28,32,35H,4-7,9-10,13,15-16,21H2,1-3H3,(H,40,41)/t22-,28?,32-,35?/m0/s1. The Bertz CT molecular complexity index is 1470. The molecular weight excluding hydrogens is 543 g/mol. The van der Waals surface area contributed by atoms with Crippen LogP contribution in [-0.2, 0) is 17.8 Å². The molecule has 2 unspecified atom stereocenters. The minimum atomic E-state index is -0.747. The van der Waals surface area contributed by atoms with Crippen LogP contribution < -0.4 is 9.47 Å². The second-order valence-corrected chi connectivity index (χ2v) is 12.7. The summed E-state index contributed by atoms with van der Waals surface area (Å²) in [7, 11) is 1.55. The molecular formula is C36H43FN2O4. The number of nitrogens with zero attached hydrogens (tertiary/aromatic N) is 2. The highest BCUT2D eigenvalue weighted by molar-refractivity contribution is 5.71. The summed E-state index contributed by atoms with van der Waals surface area (Å²) in [5.74, 6) is 0.123. The Morgan fingerprint density at radius 2 is 1.95 bits per heavy atom.